The largest absolute Gasteiger partial charge is 0.328 e. The summed E-state index contributed by atoms with van der Waals surface area (Å²) in [5.74, 6) is 0.652. The molecular weight excluding hydrogens is 234 g/mol. The highest BCUT2D eigenvalue weighted by Crippen LogP contribution is 2.08. The third-order valence-electron chi connectivity index (χ3n) is 2.74. The van der Waals surface area contributed by atoms with Gasteiger partial charge in [-0.15, -0.1) is 0 Å². The number of nitrogens with two attached hydrogens (primary N) is 1. The number of thiazole rings is 1. The quantitative estimate of drug-likeness (QED) is 0.663. The molecule has 4 nitrogen and oxygen atoms in total. The smallest absolute Gasteiger partial charge is 0.304 e. The Labute approximate surface area is 107 Å². The number of nitrogens with one attached hydrogen (secondary N) is 2. The predicted octanol–water partition coefficient (Wildman–Crippen LogP) is 1.68. The Morgan fingerprint density at radius 2 is 2.24 bits per heavy atom. The Bertz CT molecular complexity index is 359. The maximum absolute atomic E-state index is 10.9. The summed E-state index contributed by atoms with van der Waals surface area (Å²) in [6.07, 6.45) is 3.49. The number of hydrogen-bond donors (Lipinski definition) is 3. The number of hydrogen-bond acceptors (Lipinski definition) is 4. The molecule has 0 aliphatic rings. The van der Waals surface area contributed by atoms with Crippen molar-refractivity contribution in [1.29, 1.82) is 0 Å². The summed E-state index contributed by atoms with van der Waals surface area (Å²) in [7, 11) is 0. The zero-order chi connectivity index (χ0) is 12.7. The van der Waals surface area contributed by atoms with Gasteiger partial charge in [-0.2, -0.15) is 0 Å². The molecule has 2 atom stereocenters. The van der Waals surface area contributed by atoms with Gasteiger partial charge in [0.15, 0.2) is 0 Å². The van der Waals surface area contributed by atoms with Gasteiger partial charge in [-0.1, -0.05) is 24.7 Å². The number of H-pyrrole nitrogens is 1. The summed E-state index contributed by atoms with van der Waals surface area (Å²) in [5.41, 5.74) is 6.68. The van der Waals surface area contributed by atoms with Crippen molar-refractivity contribution in [2.24, 2.45) is 11.7 Å². The molecule has 0 saturated heterocycles. The SMILES string of the molecule is CC(N)CCCC(C)CNCc1csc(=O)[nH]1. The van der Waals surface area contributed by atoms with Crippen molar-refractivity contribution in [3.05, 3.63) is 20.7 Å². The van der Waals surface area contributed by atoms with Crippen molar-refractivity contribution in [3.63, 3.8) is 0 Å². The van der Waals surface area contributed by atoms with E-state index in [4.69, 9.17) is 5.73 Å². The molecule has 0 aliphatic heterocycles. The van der Waals surface area contributed by atoms with Crippen molar-refractivity contribution in [2.75, 3.05) is 6.54 Å². The molecule has 1 rings (SSSR count). The Morgan fingerprint density at radius 3 is 2.82 bits per heavy atom. The second kappa shape index (κ2) is 7.63. The van der Waals surface area contributed by atoms with E-state index in [1.807, 2.05) is 5.38 Å². The minimum atomic E-state index is 0.0202. The van der Waals surface area contributed by atoms with Gasteiger partial charge in [0, 0.05) is 23.7 Å². The van der Waals surface area contributed by atoms with Crippen molar-refractivity contribution >= 4 is 11.3 Å². The first-order valence-electron chi connectivity index (χ1n) is 6.21. The molecule has 98 valence electrons. The molecule has 1 heterocycles. The van der Waals surface area contributed by atoms with Gasteiger partial charge in [-0.05, 0) is 32.2 Å². The lowest BCUT2D eigenvalue weighted by Gasteiger charge is -2.12. The van der Waals surface area contributed by atoms with Crippen LogP contribution in [0.25, 0.3) is 0 Å². The average Bonchev–Trinajstić information content (AvgIpc) is 2.63. The molecule has 0 saturated carbocycles. The molecule has 0 bridgehead atoms. The summed E-state index contributed by atoms with van der Waals surface area (Å²) in [6, 6.07) is 0.311. The van der Waals surface area contributed by atoms with Crippen LogP contribution >= 0.6 is 11.3 Å². The molecular formula is C12H23N3OS. The lowest BCUT2D eigenvalue weighted by Crippen LogP contribution is -2.22. The maximum atomic E-state index is 10.9. The van der Waals surface area contributed by atoms with E-state index in [0.717, 1.165) is 25.2 Å². The number of aromatic nitrogens is 1. The van der Waals surface area contributed by atoms with Crippen LogP contribution in [-0.2, 0) is 6.54 Å². The summed E-state index contributed by atoms with van der Waals surface area (Å²) >= 11 is 1.22. The van der Waals surface area contributed by atoms with E-state index in [0.29, 0.717) is 12.0 Å². The van der Waals surface area contributed by atoms with Gasteiger partial charge in [0.05, 0.1) is 0 Å². The topological polar surface area (TPSA) is 70.9 Å². The van der Waals surface area contributed by atoms with E-state index in [1.165, 1.54) is 24.2 Å². The summed E-state index contributed by atoms with van der Waals surface area (Å²) in [6.45, 7) is 6.02. The second-order valence-electron chi connectivity index (χ2n) is 4.82. The summed E-state index contributed by atoms with van der Waals surface area (Å²) < 4.78 is 0. The maximum Gasteiger partial charge on any atom is 0.304 e. The molecule has 17 heavy (non-hydrogen) atoms. The second-order valence-corrected chi connectivity index (χ2v) is 5.66. The van der Waals surface area contributed by atoms with E-state index >= 15 is 0 Å². The van der Waals surface area contributed by atoms with Gasteiger partial charge in [0.25, 0.3) is 0 Å². The van der Waals surface area contributed by atoms with Gasteiger partial charge < -0.3 is 16.0 Å². The fourth-order valence-corrected chi connectivity index (χ4v) is 2.33. The molecule has 2 unspecified atom stereocenters. The van der Waals surface area contributed by atoms with Crippen LogP contribution in [0.2, 0.25) is 0 Å². The van der Waals surface area contributed by atoms with Crippen LogP contribution < -0.4 is 15.9 Å². The van der Waals surface area contributed by atoms with Crippen molar-refractivity contribution < 1.29 is 0 Å². The molecule has 0 aromatic carbocycles. The molecule has 4 N–H and O–H groups in total. The van der Waals surface area contributed by atoms with E-state index in [1.54, 1.807) is 0 Å². The lowest BCUT2D eigenvalue weighted by molar-refractivity contribution is 0.447. The van der Waals surface area contributed by atoms with Crippen LogP contribution in [0, 0.1) is 5.92 Å². The molecule has 1 aromatic rings. The Morgan fingerprint density at radius 1 is 1.47 bits per heavy atom. The van der Waals surface area contributed by atoms with Gasteiger partial charge in [0.1, 0.15) is 0 Å². The predicted molar refractivity (Wildman–Crippen MR) is 73.3 cm³/mol. The molecule has 0 spiro atoms. The molecule has 0 radical (unpaired) electrons. The van der Waals surface area contributed by atoms with Crippen LogP contribution in [0.3, 0.4) is 0 Å². The first-order chi connectivity index (χ1) is 8.08. The minimum Gasteiger partial charge on any atom is -0.328 e. The van der Waals surface area contributed by atoms with Gasteiger partial charge in [0.2, 0.25) is 0 Å². The van der Waals surface area contributed by atoms with Crippen molar-refractivity contribution in [1.82, 2.24) is 10.3 Å². The first kappa shape index (κ1) is 14.4. The fraction of sp³-hybridized carbons (Fsp3) is 0.750. The van der Waals surface area contributed by atoms with Gasteiger partial charge in [-0.3, -0.25) is 4.79 Å². The standard InChI is InChI=1S/C12H23N3OS/c1-9(4-3-5-10(2)13)6-14-7-11-8-17-12(16)15-11/h8-10,14H,3-7,13H2,1-2H3,(H,15,16). The molecule has 1 aromatic heterocycles. The molecule has 0 aliphatic carbocycles. The van der Waals surface area contributed by atoms with Crippen LogP contribution in [0.15, 0.2) is 10.2 Å². The highest BCUT2D eigenvalue weighted by Gasteiger charge is 2.03. The van der Waals surface area contributed by atoms with Crippen molar-refractivity contribution in [3.8, 4) is 0 Å². The summed E-state index contributed by atoms with van der Waals surface area (Å²) in [4.78, 5) is 13.7. The summed E-state index contributed by atoms with van der Waals surface area (Å²) in [5, 5.41) is 5.23. The monoisotopic (exact) mass is 257 g/mol. The zero-order valence-electron chi connectivity index (χ0n) is 10.7. The third kappa shape index (κ3) is 6.61. The normalized spacial score (nSPS) is 14.8. The van der Waals surface area contributed by atoms with Crippen LogP contribution in [-0.4, -0.2) is 17.6 Å². The number of aromatic amines is 1. The molecule has 0 amide bonds. The van der Waals surface area contributed by atoms with E-state index in [2.05, 4.69) is 24.1 Å². The molecule has 5 heteroatoms. The minimum absolute atomic E-state index is 0.0202. The lowest BCUT2D eigenvalue weighted by atomic mass is 10.0. The van der Waals surface area contributed by atoms with Gasteiger partial charge in [-0.25, -0.2) is 0 Å². The van der Waals surface area contributed by atoms with E-state index in [9.17, 15) is 4.79 Å². The first-order valence-corrected chi connectivity index (χ1v) is 7.09. The number of rotatable bonds is 8. The Hall–Kier alpha value is -0.650. The Balaban J connectivity index is 2.07. The van der Waals surface area contributed by atoms with Crippen LogP contribution in [0.1, 0.15) is 38.8 Å². The average molecular weight is 257 g/mol. The highest BCUT2D eigenvalue weighted by atomic mass is 32.1. The van der Waals surface area contributed by atoms with Gasteiger partial charge >= 0.3 is 4.87 Å². The fourth-order valence-electron chi connectivity index (χ4n) is 1.74. The Kier molecular flexibility index (Phi) is 6.47. The molecule has 0 fully saturated rings. The van der Waals surface area contributed by atoms with E-state index in [-0.39, 0.29) is 4.87 Å². The highest BCUT2D eigenvalue weighted by molar-refractivity contribution is 7.07. The van der Waals surface area contributed by atoms with Crippen molar-refractivity contribution in [2.45, 2.75) is 45.7 Å². The third-order valence-corrected chi connectivity index (χ3v) is 3.45. The zero-order valence-corrected chi connectivity index (χ0v) is 11.5. The van der Waals surface area contributed by atoms with E-state index < -0.39 is 0 Å². The van der Waals surface area contributed by atoms with Crippen LogP contribution in [0.5, 0.6) is 0 Å². The van der Waals surface area contributed by atoms with Crippen LogP contribution in [0.4, 0.5) is 0 Å².